The molecule has 0 unspecified atom stereocenters. The van der Waals surface area contributed by atoms with Gasteiger partial charge in [-0.1, -0.05) is 32.9 Å². The number of para-hydroxylation sites is 1. The van der Waals surface area contributed by atoms with E-state index in [1.54, 1.807) is 29.6 Å². The lowest BCUT2D eigenvalue weighted by atomic mass is 9.96. The second-order valence-electron chi connectivity index (χ2n) is 6.61. The van der Waals surface area contributed by atoms with Crippen molar-refractivity contribution in [3.05, 3.63) is 40.9 Å². The summed E-state index contributed by atoms with van der Waals surface area (Å²) in [4.78, 5) is 40.2. The van der Waals surface area contributed by atoms with Crippen LogP contribution in [0.3, 0.4) is 0 Å². The summed E-state index contributed by atoms with van der Waals surface area (Å²) in [5.74, 6) is -0.989. The summed E-state index contributed by atoms with van der Waals surface area (Å²) in [5, 5.41) is 7.58. The third kappa shape index (κ3) is 5.13. The van der Waals surface area contributed by atoms with Crippen LogP contribution < -0.4 is 10.6 Å². The van der Waals surface area contributed by atoms with E-state index >= 15 is 0 Å². The highest BCUT2D eigenvalue weighted by molar-refractivity contribution is 7.13. The van der Waals surface area contributed by atoms with Crippen LogP contribution in [0.5, 0.6) is 0 Å². The number of esters is 1. The average Bonchev–Trinajstić information content (AvgIpc) is 3.00. The highest BCUT2D eigenvalue weighted by Gasteiger charge is 2.22. The molecule has 0 aliphatic carbocycles. The van der Waals surface area contributed by atoms with Crippen LogP contribution in [0.15, 0.2) is 29.6 Å². The molecule has 2 aromatic rings. The summed E-state index contributed by atoms with van der Waals surface area (Å²) in [6.07, 6.45) is 0.0252. The van der Waals surface area contributed by atoms with Gasteiger partial charge in [-0.25, -0.2) is 9.78 Å². The Kier molecular flexibility index (Phi) is 6.10. The predicted molar refractivity (Wildman–Crippen MR) is 100 cm³/mol. The Balaban J connectivity index is 2.01. The van der Waals surface area contributed by atoms with E-state index in [0.29, 0.717) is 16.5 Å². The van der Waals surface area contributed by atoms with Crippen molar-refractivity contribution in [3.8, 4) is 0 Å². The SMILES string of the molecule is COC(=O)c1ccccc1NC(=O)Cc1csc(NC(=O)C(C)(C)C)n1. The van der Waals surface area contributed by atoms with Crippen molar-refractivity contribution in [1.82, 2.24) is 4.98 Å². The van der Waals surface area contributed by atoms with Gasteiger partial charge in [-0.15, -0.1) is 11.3 Å². The van der Waals surface area contributed by atoms with Crippen molar-refractivity contribution < 1.29 is 19.1 Å². The van der Waals surface area contributed by atoms with Crippen LogP contribution in [0.25, 0.3) is 0 Å². The number of hydrogen-bond acceptors (Lipinski definition) is 6. The summed E-state index contributed by atoms with van der Waals surface area (Å²) in [7, 11) is 1.28. The molecule has 0 aliphatic heterocycles. The van der Waals surface area contributed by atoms with E-state index in [9.17, 15) is 14.4 Å². The molecule has 0 fully saturated rings. The number of rotatable bonds is 5. The van der Waals surface area contributed by atoms with E-state index in [4.69, 9.17) is 4.74 Å². The maximum Gasteiger partial charge on any atom is 0.339 e. The lowest BCUT2D eigenvalue weighted by molar-refractivity contribution is -0.123. The number of benzene rings is 1. The molecule has 8 heteroatoms. The molecule has 0 bridgehead atoms. The average molecular weight is 375 g/mol. The van der Waals surface area contributed by atoms with Gasteiger partial charge in [-0.3, -0.25) is 9.59 Å². The molecule has 2 rings (SSSR count). The van der Waals surface area contributed by atoms with Gasteiger partial charge in [0.15, 0.2) is 5.13 Å². The molecular formula is C18H21N3O4S. The zero-order valence-corrected chi connectivity index (χ0v) is 15.9. The van der Waals surface area contributed by atoms with E-state index < -0.39 is 11.4 Å². The van der Waals surface area contributed by atoms with Gasteiger partial charge in [-0.05, 0) is 12.1 Å². The molecule has 1 heterocycles. The second kappa shape index (κ2) is 8.09. The molecule has 0 saturated carbocycles. The Labute approximate surface area is 155 Å². The van der Waals surface area contributed by atoms with Crippen LogP contribution in [0.1, 0.15) is 36.8 Å². The summed E-state index contributed by atoms with van der Waals surface area (Å²) in [6.45, 7) is 5.43. The molecule has 0 atom stereocenters. The molecule has 0 aliphatic rings. The fourth-order valence-electron chi connectivity index (χ4n) is 1.97. The zero-order chi connectivity index (χ0) is 19.3. The molecule has 138 valence electrons. The zero-order valence-electron chi connectivity index (χ0n) is 15.1. The van der Waals surface area contributed by atoms with Crippen molar-refractivity contribution in [2.45, 2.75) is 27.2 Å². The van der Waals surface area contributed by atoms with Crippen LogP contribution in [0.4, 0.5) is 10.8 Å². The first-order valence-corrected chi connectivity index (χ1v) is 8.81. The van der Waals surface area contributed by atoms with Gasteiger partial charge >= 0.3 is 5.97 Å². The molecule has 7 nitrogen and oxygen atoms in total. The fourth-order valence-corrected chi connectivity index (χ4v) is 2.67. The smallest absolute Gasteiger partial charge is 0.339 e. The highest BCUT2D eigenvalue weighted by Crippen LogP contribution is 2.21. The molecule has 2 N–H and O–H groups in total. The Bertz CT molecular complexity index is 824. The minimum atomic E-state index is -0.527. The van der Waals surface area contributed by atoms with Crippen LogP contribution in [-0.2, 0) is 20.7 Å². The van der Waals surface area contributed by atoms with Crippen molar-refractivity contribution in [3.63, 3.8) is 0 Å². The Morgan fingerprint density at radius 1 is 1.15 bits per heavy atom. The second-order valence-corrected chi connectivity index (χ2v) is 7.47. The fraction of sp³-hybridized carbons (Fsp3) is 0.333. The molecular weight excluding hydrogens is 354 g/mol. The minimum Gasteiger partial charge on any atom is -0.465 e. The Morgan fingerprint density at radius 2 is 1.85 bits per heavy atom. The van der Waals surface area contributed by atoms with Gasteiger partial charge in [0.2, 0.25) is 11.8 Å². The first-order chi connectivity index (χ1) is 12.2. The molecule has 1 aromatic carbocycles. The Hall–Kier alpha value is -2.74. The molecule has 2 amide bonds. The van der Waals surface area contributed by atoms with E-state index in [1.807, 2.05) is 20.8 Å². The van der Waals surface area contributed by atoms with Crippen molar-refractivity contribution in [2.75, 3.05) is 17.7 Å². The number of nitrogens with one attached hydrogen (secondary N) is 2. The van der Waals surface area contributed by atoms with Crippen LogP contribution in [0.2, 0.25) is 0 Å². The quantitative estimate of drug-likeness (QED) is 0.783. The van der Waals surface area contributed by atoms with Crippen LogP contribution >= 0.6 is 11.3 Å². The number of nitrogens with zero attached hydrogens (tertiary/aromatic N) is 1. The summed E-state index contributed by atoms with van der Waals surface area (Å²) in [6, 6.07) is 6.60. The van der Waals surface area contributed by atoms with Gasteiger partial charge in [0.1, 0.15) is 0 Å². The van der Waals surface area contributed by atoms with Gasteiger partial charge in [-0.2, -0.15) is 0 Å². The molecule has 1 aromatic heterocycles. The van der Waals surface area contributed by atoms with E-state index in [2.05, 4.69) is 15.6 Å². The first-order valence-electron chi connectivity index (χ1n) is 7.93. The van der Waals surface area contributed by atoms with Crippen LogP contribution in [0, 0.1) is 5.41 Å². The van der Waals surface area contributed by atoms with Crippen molar-refractivity contribution >= 4 is 39.9 Å². The van der Waals surface area contributed by atoms with Gasteiger partial charge in [0.05, 0.1) is 30.5 Å². The van der Waals surface area contributed by atoms with E-state index in [-0.39, 0.29) is 23.8 Å². The minimum absolute atomic E-state index is 0.0252. The summed E-state index contributed by atoms with van der Waals surface area (Å²) < 4.78 is 4.70. The van der Waals surface area contributed by atoms with Crippen LogP contribution in [-0.4, -0.2) is 29.9 Å². The molecule has 0 spiro atoms. The summed E-state index contributed by atoms with van der Waals surface area (Å²) in [5.41, 5.74) is 0.661. The number of anilines is 2. The maximum absolute atomic E-state index is 12.2. The van der Waals surface area contributed by atoms with Crippen molar-refractivity contribution in [2.24, 2.45) is 5.41 Å². The van der Waals surface area contributed by atoms with Crippen molar-refractivity contribution in [1.29, 1.82) is 0 Å². The first kappa shape index (κ1) is 19.6. The number of hydrogen-bond donors (Lipinski definition) is 2. The molecule has 0 saturated heterocycles. The third-order valence-electron chi connectivity index (χ3n) is 3.40. The monoisotopic (exact) mass is 375 g/mol. The number of carbonyl (C=O) groups excluding carboxylic acids is 3. The number of ether oxygens (including phenoxy) is 1. The number of methoxy groups -OCH3 is 1. The maximum atomic E-state index is 12.2. The van der Waals surface area contributed by atoms with Gasteiger partial charge < -0.3 is 15.4 Å². The number of thiazole rings is 1. The standard InChI is InChI=1S/C18H21N3O4S/c1-18(2,3)16(24)21-17-19-11(10-26-17)9-14(22)20-13-8-6-5-7-12(13)15(23)25-4/h5-8,10H,9H2,1-4H3,(H,20,22)(H,19,21,24). The summed E-state index contributed by atoms with van der Waals surface area (Å²) >= 11 is 1.26. The number of amides is 2. The topological polar surface area (TPSA) is 97.4 Å². The normalized spacial score (nSPS) is 10.9. The lowest BCUT2D eigenvalue weighted by Crippen LogP contribution is -2.27. The molecule has 26 heavy (non-hydrogen) atoms. The largest absolute Gasteiger partial charge is 0.465 e. The highest BCUT2D eigenvalue weighted by atomic mass is 32.1. The predicted octanol–water partition coefficient (Wildman–Crippen LogP) is 3.10. The Morgan fingerprint density at radius 3 is 2.50 bits per heavy atom. The van der Waals surface area contributed by atoms with Gasteiger partial charge in [0.25, 0.3) is 0 Å². The third-order valence-corrected chi connectivity index (χ3v) is 4.21. The van der Waals surface area contributed by atoms with Gasteiger partial charge in [0, 0.05) is 10.8 Å². The van der Waals surface area contributed by atoms with E-state index in [1.165, 1.54) is 18.4 Å². The van der Waals surface area contributed by atoms with E-state index in [0.717, 1.165) is 0 Å². The number of aromatic nitrogens is 1. The number of carbonyl (C=O) groups is 3. The molecule has 0 radical (unpaired) electrons. The lowest BCUT2D eigenvalue weighted by Gasteiger charge is -2.15.